The quantitative estimate of drug-likeness (QED) is 0.873. The third kappa shape index (κ3) is 4.67. The second kappa shape index (κ2) is 6.70. The Labute approximate surface area is 121 Å². The maximum absolute atomic E-state index is 12.0. The zero-order valence-electron chi connectivity index (χ0n) is 11.2. The SMILES string of the molecule is Cc1ccc(C(=O)NC(CC(C)C)C(=O)O)cc1Br. The molecule has 1 aromatic carbocycles. The van der Waals surface area contributed by atoms with E-state index in [4.69, 9.17) is 5.11 Å². The highest BCUT2D eigenvalue weighted by Crippen LogP contribution is 2.17. The normalized spacial score (nSPS) is 12.3. The molecule has 0 spiro atoms. The van der Waals surface area contributed by atoms with Crippen LogP contribution in [-0.4, -0.2) is 23.0 Å². The van der Waals surface area contributed by atoms with Crippen molar-refractivity contribution in [3.8, 4) is 0 Å². The summed E-state index contributed by atoms with van der Waals surface area (Å²) < 4.78 is 0.830. The maximum Gasteiger partial charge on any atom is 0.326 e. The highest BCUT2D eigenvalue weighted by molar-refractivity contribution is 9.10. The number of aliphatic carboxylic acids is 1. The molecule has 0 aliphatic rings. The standard InChI is InChI=1S/C14H18BrNO3/c1-8(2)6-12(14(18)19)16-13(17)10-5-4-9(3)11(15)7-10/h4-5,7-8,12H,6H2,1-3H3,(H,16,17)(H,18,19). The van der Waals surface area contributed by atoms with Gasteiger partial charge in [0.2, 0.25) is 0 Å². The molecule has 4 nitrogen and oxygen atoms in total. The number of carbonyl (C=O) groups is 2. The van der Waals surface area contributed by atoms with Crippen LogP contribution < -0.4 is 5.32 Å². The van der Waals surface area contributed by atoms with Crippen molar-refractivity contribution in [2.45, 2.75) is 33.2 Å². The van der Waals surface area contributed by atoms with Crippen LogP contribution in [-0.2, 0) is 4.79 Å². The summed E-state index contributed by atoms with van der Waals surface area (Å²) in [5, 5.41) is 11.6. The van der Waals surface area contributed by atoms with E-state index in [0.29, 0.717) is 12.0 Å². The lowest BCUT2D eigenvalue weighted by Crippen LogP contribution is -2.41. The second-order valence-electron chi connectivity index (χ2n) is 4.96. The Kier molecular flexibility index (Phi) is 5.54. The lowest BCUT2D eigenvalue weighted by Gasteiger charge is -2.16. The Morgan fingerprint density at radius 2 is 2.00 bits per heavy atom. The average Bonchev–Trinajstić information content (AvgIpc) is 2.31. The van der Waals surface area contributed by atoms with Crippen molar-refractivity contribution in [2.75, 3.05) is 0 Å². The number of amides is 1. The highest BCUT2D eigenvalue weighted by atomic mass is 79.9. The minimum atomic E-state index is -1.01. The first-order valence-electron chi connectivity index (χ1n) is 6.11. The Bertz CT molecular complexity index is 486. The van der Waals surface area contributed by atoms with Crippen molar-refractivity contribution in [1.29, 1.82) is 0 Å². The number of halogens is 1. The fourth-order valence-electron chi connectivity index (χ4n) is 1.67. The molecule has 0 heterocycles. The number of carboxylic acids is 1. The average molecular weight is 328 g/mol. The number of benzene rings is 1. The molecular formula is C14H18BrNO3. The first kappa shape index (κ1) is 15.7. The third-order valence-electron chi connectivity index (χ3n) is 2.74. The summed E-state index contributed by atoms with van der Waals surface area (Å²) in [7, 11) is 0. The van der Waals surface area contributed by atoms with Crippen LogP contribution >= 0.6 is 15.9 Å². The Balaban J connectivity index is 2.81. The van der Waals surface area contributed by atoms with E-state index in [1.807, 2.05) is 26.8 Å². The lowest BCUT2D eigenvalue weighted by atomic mass is 10.0. The van der Waals surface area contributed by atoms with Crippen molar-refractivity contribution in [1.82, 2.24) is 5.32 Å². The minimum Gasteiger partial charge on any atom is -0.480 e. The molecule has 0 bridgehead atoms. The molecule has 0 aliphatic carbocycles. The van der Waals surface area contributed by atoms with Gasteiger partial charge < -0.3 is 10.4 Å². The van der Waals surface area contributed by atoms with Gasteiger partial charge in [-0.05, 0) is 37.0 Å². The zero-order valence-corrected chi connectivity index (χ0v) is 12.8. The molecule has 0 fully saturated rings. The van der Waals surface area contributed by atoms with Crippen molar-refractivity contribution in [3.05, 3.63) is 33.8 Å². The van der Waals surface area contributed by atoms with Crippen LogP contribution in [0.1, 0.15) is 36.2 Å². The van der Waals surface area contributed by atoms with Gasteiger partial charge in [0.1, 0.15) is 6.04 Å². The Morgan fingerprint density at radius 3 is 2.47 bits per heavy atom. The van der Waals surface area contributed by atoms with Crippen LogP contribution in [0.3, 0.4) is 0 Å². The maximum atomic E-state index is 12.0. The smallest absolute Gasteiger partial charge is 0.326 e. The summed E-state index contributed by atoms with van der Waals surface area (Å²) in [5.74, 6) is -1.17. The fraction of sp³-hybridized carbons (Fsp3) is 0.429. The zero-order chi connectivity index (χ0) is 14.6. The largest absolute Gasteiger partial charge is 0.480 e. The monoisotopic (exact) mass is 327 g/mol. The van der Waals surface area contributed by atoms with E-state index in [0.717, 1.165) is 10.0 Å². The molecule has 5 heteroatoms. The van der Waals surface area contributed by atoms with Crippen LogP contribution in [0.2, 0.25) is 0 Å². The molecular weight excluding hydrogens is 310 g/mol. The molecule has 19 heavy (non-hydrogen) atoms. The molecule has 104 valence electrons. The number of rotatable bonds is 5. The van der Waals surface area contributed by atoms with Crippen molar-refractivity contribution in [3.63, 3.8) is 0 Å². The van der Waals surface area contributed by atoms with Gasteiger partial charge in [-0.25, -0.2) is 4.79 Å². The Hall–Kier alpha value is -1.36. The van der Waals surface area contributed by atoms with E-state index < -0.39 is 12.0 Å². The lowest BCUT2D eigenvalue weighted by molar-refractivity contribution is -0.139. The first-order chi connectivity index (χ1) is 8.81. The van der Waals surface area contributed by atoms with Crippen LogP contribution in [0.15, 0.2) is 22.7 Å². The van der Waals surface area contributed by atoms with E-state index in [9.17, 15) is 9.59 Å². The van der Waals surface area contributed by atoms with Crippen LogP contribution in [0, 0.1) is 12.8 Å². The molecule has 0 aliphatic heterocycles. The molecule has 1 unspecified atom stereocenters. The van der Waals surface area contributed by atoms with Gasteiger partial charge in [0, 0.05) is 10.0 Å². The molecule has 1 aromatic rings. The first-order valence-corrected chi connectivity index (χ1v) is 6.90. The van der Waals surface area contributed by atoms with Crippen molar-refractivity contribution >= 4 is 27.8 Å². The topological polar surface area (TPSA) is 66.4 Å². The summed E-state index contributed by atoms with van der Waals surface area (Å²) >= 11 is 3.35. The summed E-state index contributed by atoms with van der Waals surface area (Å²) in [6, 6.07) is 4.34. The van der Waals surface area contributed by atoms with Gasteiger partial charge in [0.15, 0.2) is 0 Å². The van der Waals surface area contributed by atoms with Crippen LogP contribution in [0.25, 0.3) is 0 Å². The second-order valence-corrected chi connectivity index (χ2v) is 5.81. The minimum absolute atomic E-state index is 0.200. The van der Waals surface area contributed by atoms with Crippen LogP contribution in [0.5, 0.6) is 0 Å². The highest BCUT2D eigenvalue weighted by Gasteiger charge is 2.21. The molecule has 1 atom stereocenters. The third-order valence-corrected chi connectivity index (χ3v) is 3.60. The van der Waals surface area contributed by atoms with Gasteiger partial charge in [-0.15, -0.1) is 0 Å². The molecule has 1 amide bonds. The van der Waals surface area contributed by atoms with E-state index in [1.54, 1.807) is 12.1 Å². The predicted molar refractivity (Wildman–Crippen MR) is 77.2 cm³/mol. The molecule has 0 aromatic heterocycles. The molecule has 1 rings (SSSR count). The molecule has 0 radical (unpaired) electrons. The fourth-order valence-corrected chi connectivity index (χ4v) is 2.05. The number of hydrogen-bond donors (Lipinski definition) is 2. The van der Waals surface area contributed by atoms with Gasteiger partial charge in [-0.2, -0.15) is 0 Å². The predicted octanol–water partition coefficient (Wildman–Crippen LogP) is 2.99. The number of aryl methyl sites for hydroxylation is 1. The van der Waals surface area contributed by atoms with E-state index >= 15 is 0 Å². The van der Waals surface area contributed by atoms with E-state index in [-0.39, 0.29) is 11.8 Å². The summed E-state index contributed by atoms with van der Waals surface area (Å²) in [6.07, 6.45) is 0.411. The summed E-state index contributed by atoms with van der Waals surface area (Å²) in [5.41, 5.74) is 1.47. The van der Waals surface area contributed by atoms with Gasteiger partial charge in [0.05, 0.1) is 0 Å². The van der Waals surface area contributed by atoms with Gasteiger partial charge in [0.25, 0.3) is 5.91 Å². The van der Waals surface area contributed by atoms with Gasteiger partial charge >= 0.3 is 5.97 Å². The molecule has 2 N–H and O–H groups in total. The summed E-state index contributed by atoms with van der Waals surface area (Å²) in [4.78, 5) is 23.1. The number of carboxylic acid groups (broad SMARTS) is 1. The number of nitrogens with one attached hydrogen (secondary N) is 1. The summed E-state index contributed by atoms with van der Waals surface area (Å²) in [6.45, 7) is 5.76. The number of hydrogen-bond acceptors (Lipinski definition) is 2. The van der Waals surface area contributed by atoms with Crippen molar-refractivity contribution < 1.29 is 14.7 Å². The number of carbonyl (C=O) groups excluding carboxylic acids is 1. The van der Waals surface area contributed by atoms with Crippen molar-refractivity contribution in [2.24, 2.45) is 5.92 Å². The van der Waals surface area contributed by atoms with Crippen LogP contribution in [0.4, 0.5) is 0 Å². The molecule has 0 saturated heterocycles. The van der Waals surface area contributed by atoms with E-state index in [2.05, 4.69) is 21.2 Å². The van der Waals surface area contributed by atoms with Gasteiger partial charge in [-0.3, -0.25) is 4.79 Å². The van der Waals surface area contributed by atoms with E-state index in [1.165, 1.54) is 0 Å². The molecule has 0 saturated carbocycles. The van der Waals surface area contributed by atoms with Gasteiger partial charge in [-0.1, -0.05) is 35.8 Å². The Morgan fingerprint density at radius 1 is 1.37 bits per heavy atom.